The molecule has 5 nitrogen and oxygen atoms in total. The SMILES string of the molecule is O=C(NC(F)(C(F)F)C1CC1)c1cn(-c2c(F)cc(F)cc2F)c2nc(Cl)ccc2c1=O. The van der Waals surface area contributed by atoms with Crippen LogP contribution < -0.4 is 10.7 Å². The first-order valence-electron chi connectivity index (χ1n) is 9.19. The zero-order chi connectivity index (χ0) is 23.4. The fourth-order valence-corrected chi connectivity index (χ4v) is 3.50. The van der Waals surface area contributed by atoms with Crippen LogP contribution in [0.2, 0.25) is 5.15 Å². The minimum Gasteiger partial charge on any atom is -0.315 e. The molecule has 2 aromatic heterocycles. The van der Waals surface area contributed by atoms with Gasteiger partial charge in [-0.15, -0.1) is 0 Å². The quantitative estimate of drug-likeness (QED) is 0.335. The Morgan fingerprint density at radius 3 is 2.38 bits per heavy atom. The van der Waals surface area contributed by atoms with Gasteiger partial charge in [-0.05, 0) is 25.0 Å². The molecule has 0 aliphatic heterocycles. The lowest BCUT2D eigenvalue weighted by Gasteiger charge is -2.25. The molecule has 1 aliphatic carbocycles. The molecule has 0 radical (unpaired) electrons. The standard InChI is InChI=1S/C20H12ClF6N3O2/c21-14-4-3-10-16(31)11(18(32)29-20(27,19(25)26)8-1-2-8)7-30(17(10)28-14)15-12(23)5-9(22)6-13(15)24/h3-8,19H,1-2H2,(H,29,32). The zero-order valence-electron chi connectivity index (χ0n) is 15.8. The molecule has 2 heterocycles. The number of carbonyl (C=O) groups is 1. The summed E-state index contributed by atoms with van der Waals surface area (Å²) in [7, 11) is 0. The van der Waals surface area contributed by atoms with Crippen molar-refractivity contribution in [3.8, 4) is 5.69 Å². The first-order chi connectivity index (χ1) is 15.0. The lowest BCUT2D eigenvalue weighted by molar-refractivity contribution is -0.0671. The summed E-state index contributed by atoms with van der Waals surface area (Å²) in [5, 5.41) is 0.999. The van der Waals surface area contributed by atoms with Gasteiger partial charge in [0.2, 0.25) is 11.2 Å². The van der Waals surface area contributed by atoms with Gasteiger partial charge in [-0.1, -0.05) is 11.6 Å². The molecule has 1 amide bonds. The van der Waals surface area contributed by atoms with Crippen LogP contribution in [-0.4, -0.2) is 27.7 Å². The van der Waals surface area contributed by atoms with Crippen molar-refractivity contribution in [2.45, 2.75) is 25.1 Å². The molecular formula is C20H12ClF6N3O2. The van der Waals surface area contributed by atoms with E-state index in [1.165, 1.54) is 0 Å². The van der Waals surface area contributed by atoms with Crippen LogP contribution in [0.25, 0.3) is 16.7 Å². The van der Waals surface area contributed by atoms with Gasteiger partial charge < -0.3 is 5.32 Å². The van der Waals surface area contributed by atoms with Crippen molar-refractivity contribution in [1.82, 2.24) is 14.9 Å². The minimum atomic E-state index is -3.57. The smallest absolute Gasteiger partial charge is 0.290 e. The number of nitrogens with zero attached hydrogens (tertiary/aromatic N) is 2. The van der Waals surface area contributed by atoms with E-state index in [1.807, 2.05) is 0 Å². The molecular weight excluding hydrogens is 464 g/mol. The minimum absolute atomic E-state index is 0.109. The molecule has 1 aliphatic rings. The number of aromatic nitrogens is 2. The largest absolute Gasteiger partial charge is 0.315 e. The third-order valence-electron chi connectivity index (χ3n) is 5.08. The van der Waals surface area contributed by atoms with Crippen molar-refractivity contribution in [2.24, 2.45) is 5.92 Å². The summed E-state index contributed by atoms with van der Waals surface area (Å²) in [6.45, 7) is 0. The third-order valence-corrected chi connectivity index (χ3v) is 5.29. The highest BCUT2D eigenvalue weighted by molar-refractivity contribution is 6.29. The molecule has 1 N–H and O–H groups in total. The van der Waals surface area contributed by atoms with Crippen molar-refractivity contribution in [3.63, 3.8) is 0 Å². The average Bonchev–Trinajstić information content (AvgIpc) is 3.54. The summed E-state index contributed by atoms with van der Waals surface area (Å²) >= 11 is 5.82. The zero-order valence-corrected chi connectivity index (χ0v) is 16.6. The summed E-state index contributed by atoms with van der Waals surface area (Å²) < 4.78 is 84.2. The molecule has 3 aromatic rings. The van der Waals surface area contributed by atoms with Crippen LogP contribution in [0.3, 0.4) is 0 Å². The molecule has 1 fully saturated rings. The van der Waals surface area contributed by atoms with Crippen LogP contribution in [0.15, 0.2) is 35.3 Å². The summed E-state index contributed by atoms with van der Waals surface area (Å²) in [5.74, 6) is -10.1. The van der Waals surface area contributed by atoms with Crippen molar-refractivity contribution in [3.05, 3.63) is 68.9 Å². The monoisotopic (exact) mass is 475 g/mol. The number of hydrogen-bond donors (Lipinski definition) is 1. The van der Waals surface area contributed by atoms with Gasteiger partial charge in [0, 0.05) is 24.2 Å². The first-order valence-corrected chi connectivity index (χ1v) is 9.57. The fraction of sp³-hybridized carbons (Fsp3) is 0.250. The number of benzene rings is 1. The number of carbonyl (C=O) groups excluding carboxylic acids is 1. The molecule has 1 aromatic carbocycles. The normalized spacial score (nSPS) is 15.8. The maximum Gasteiger partial charge on any atom is 0.290 e. The number of hydrogen-bond acceptors (Lipinski definition) is 3. The Morgan fingerprint density at radius 2 is 1.81 bits per heavy atom. The van der Waals surface area contributed by atoms with Gasteiger partial charge in [-0.25, -0.2) is 31.3 Å². The van der Waals surface area contributed by atoms with E-state index < -0.39 is 63.8 Å². The molecule has 0 bridgehead atoms. The topological polar surface area (TPSA) is 64.0 Å². The number of rotatable bonds is 5. The van der Waals surface area contributed by atoms with E-state index in [0.717, 1.165) is 12.1 Å². The Hall–Kier alpha value is -3.08. The van der Waals surface area contributed by atoms with Crippen LogP contribution in [-0.2, 0) is 0 Å². The number of halogens is 7. The second-order valence-corrected chi connectivity index (χ2v) is 7.65. The lowest BCUT2D eigenvalue weighted by Crippen LogP contribution is -2.53. The molecule has 4 rings (SSSR count). The Kier molecular flexibility index (Phi) is 5.40. The number of pyridine rings is 2. The Balaban J connectivity index is 1.94. The van der Waals surface area contributed by atoms with Crippen LogP contribution in [0, 0.1) is 23.4 Å². The summed E-state index contributed by atoms with van der Waals surface area (Å²) in [5.41, 5.74) is -3.25. The second kappa shape index (κ2) is 7.80. The van der Waals surface area contributed by atoms with Gasteiger partial charge in [0.1, 0.15) is 27.9 Å². The molecule has 1 unspecified atom stereocenters. The predicted octanol–water partition coefficient (Wildman–Crippen LogP) is 4.53. The summed E-state index contributed by atoms with van der Waals surface area (Å²) in [6, 6.07) is 2.94. The van der Waals surface area contributed by atoms with Gasteiger partial charge in [0.25, 0.3) is 12.3 Å². The van der Waals surface area contributed by atoms with Gasteiger partial charge in [-0.3, -0.25) is 14.2 Å². The first kappa shape index (κ1) is 22.1. The highest BCUT2D eigenvalue weighted by Crippen LogP contribution is 2.44. The number of alkyl halides is 3. The van der Waals surface area contributed by atoms with E-state index in [2.05, 4.69) is 4.98 Å². The number of nitrogens with one attached hydrogen (secondary N) is 1. The van der Waals surface area contributed by atoms with Crippen molar-refractivity contribution >= 4 is 28.5 Å². The summed E-state index contributed by atoms with van der Waals surface area (Å²) in [4.78, 5) is 29.3. The molecule has 12 heteroatoms. The number of fused-ring (bicyclic) bond motifs is 1. The Morgan fingerprint density at radius 1 is 1.19 bits per heavy atom. The summed E-state index contributed by atoms with van der Waals surface area (Å²) in [6.07, 6.45) is -2.75. The van der Waals surface area contributed by atoms with Crippen molar-refractivity contribution in [1.29, 1.82) is 0 Å². The van der Waals surface area contributed by atoms with E-state index in [4.69, 9.17) is 11.6 Å². The fourth-order valence-electron chi connectivity index (χ4n) is 3.36. The van der Waals surface area contributed by atoms with Gasteiger partial charge >= 0.3 is 0 Å². The van der Waals surface area contributed by atoms with Crippen molar-refractivity contribution < 1.29 is 31.1 Å². The van der Waals surface area contributed by atoms with Gasteiger partial charge in [-0.2, -0.15) is 0 Å². The van der Waals surface area contributed by atoms with Crippen LogP contribution in [0.5, 0.6) is 0 Å². The van der Waals surface area contributed by atoms with E-state index >= 15 is 0 Å². The Bertz CT molecular complexity index is 1280. The molecule has 1 atom stereocenters. The molecule has 168 valence electrons. The number of amides is 1. The van der Waals surface area contributed by atoms with E-state index in [1.54, 1.807) is 5.32 Å². The average molecular weight is 476 g/mol. The van der Waals surface area contributed by atoms with Gasteiger partial charge in [0.05, 0.1) is 5.39 Å². The third kappa shape index (κ3) is 3.70. The van der Waals surface area contributed by atoms with Crippen LogP contribution >= 0.6 is 11.6 Å². The second-order valence-electron chi connectivity index (χ2n) is 7.26. The lowest BCUT2D eigenvalue weighted by atomic mass is 10.1. The van der Waals surface area contributed by atoms with E-state index in [0.29, 0.717) is 22.9 Å². The molecule has 32 heavy (non-hydrogen) atoms. The van der Waals surface area contributed by atoms with Crippen LogP contribution in [0.1, 0.15) is 23.2 Å². The highest BCUT2D eigenvalue weighted by Gasteiger charge is 2.54. The maximum absolute atomic E-state index is 14.7. The highest BCUT2D eigenvalue weighted by atomic mass is 35.5. The Labute approximate surface area is 180 Å². The van der Waals surface area contributed by atoms with Crippen molar-refractivity contribution in [2.75, 3.05) is 0 Å². The van der Waals surface area contributed by atoms with Crippen LogP contribution in [0.4, 0.5) is 26.3 Å². The van der Waals surface area contributed by atoms with Gasteiger partial charge in [0.15, 0.2) is 11.6 Å². The molecule has 1 saturated carbocycles. The molecule has 0 spiro atoms. The van der Waals surface area contributed by atoms with E-state index in [-0.39, 0.29) is 23.4 Å². The van der Waals surface area contributed by atoms with E-state index in [9.17, 15) is 35.9 Å². The maximum atomic E-state index is 14.7. The predicted molar refractivity (Wildman–Crippen MR) is 102 cm³/mol. The molecule has 0 saturated heterocycles.